The number of aliphatic hydroxyl groups is 1. The van der Waals surface area contributed by atoms with Gasteiger partial charge in [0.15, 0.2) is 0 Å². The standard InChI is InChI=1S/C11H14N2O2/c1-15-8-3-2-7-4-10(11(14)6-12)13-9(7)5-8/h2-5,11,13-14H,6,12H2,1H3/t11-/m1/s1. The van der Waals surface area contributed by atoms with E-state index in [0.29, 0.717) is 0 Å². The lowest BCUT2D eigenvalue weighted by Gasteiger charge is -2.02. The van der Waals surface area contributed by atoms with Crippen LogP contribution in [0.15, 0.2) is 24.3 Å². The van der Waals surface area contributed by atoms with Gasteiger partial charge in [-0.3, -0.25) is 0 Å². The lowest BCUT2D eigenvalue weighted by Crippen LogP contribution is -2.11. The summed E-state index contributed by atoms with van der Waals surface area (Å²) in [5.74, 6) is 0.790. The van der Waals surface area contributed by atoms with E-state index in [1.54, 1.807) is 7.11 Å². The van der Waals surface area contributed by atoms with Gasteiger partial charge in [0.05, 0.1) is 7.11 Å². The van der Waals surface area contributed by atoms with Crippen LogP contribution in [0.25, 0.3) is 10.9 Å². The minimum absolute atomic E-state index is 0.212. The molecule has 4 nitrogen and oxygen atoms in total. The van der Waals surface area contributed by atoms with E-state index in [4.69, 9.17) is 10.5 Å². The second kappa shape index (κ2) is 3.92. The largest absolute Gasteiger partial charge is 0.497 e. The number of fused-ring (bicyclic) bond motifs is 1. The summed E-state index contributed by atoms with van der Waals surface area (Å²) in [5, 5.41) is 10.6. The van der Waals surface area contributed by atoms with Gasteiger partial charge in [-0.05, 0) is 18.2 Å². The predicted molar refractivity (Wildman–Crippen MR) is 58.9 cm³/mol. The molecule has 1 aromatic heterocycles. The molecule has 1 heterocycles. The summed E-state index contributed by atoms with van der Waals surface area (Å²) in [6.45, 7) is 0.212. The van der Waals surface area contributed by atoms with Crippen LogP contribution in [-0.4, -0.2) is 23.7 Å². The minimum Gasteiger partial charge on any atom is -0.497 e. The van der Waals surface area contributed by atoms with Crippen LogP contribution in [0.1, 0.15) is 11.8 Å². The van der Waals surface area contributed by atoms with Crippen LogP contribution >= 0.6 is 0 Å². The van der Waals surface area contributed by atoms with Crippen molar-refractivity contribution >= 4 is 10.9 Å². The van der Waals surface area contributed by atoms with E-state index in [2.05, 4.69) is 4.98 Å². The maximum Gasteiger partial charge on any atom is 0.120 e. The number of nitrogens with one attached hydrogen (secondary N) is 1. The molecular formula is C11H14N2O2. The molecule has 2 aromatic rings. The van der Waals surface area contributed by atoms with E-state index in [0.717, 1.165) is 22.3 Å². The fourth-order valence-corrected chi connectivity index (χ4v) is 1.56. The molecule has 0 fully saturated rings. The highest BCUT2D eigenvalue weighted by molar-refractivity contribution is 5.81. The number of ether oxygens (including phenoxy) is 1. The molecule has 0 unspecified atom stereocenters. The third-order valence-electron chi connectivity index (χ3n) is 2.43. The maximum atomic E-state index is 9.57. The molecule has 0 aliphatic heterocycles. The first kappa shape index (κ1) is 10.0. The van der Waals surface area contributed by atoms with E-state index >= 15 is 0 Å². The Morgan fingerprint density at radius 3 is 2.93 bits per heavy atom. The Bertz CT molecular complexity index is 465. The van der Waals surface area contributed by atoms with Crippen molar-refractivity contribution in [2.75, 3.05) is 13.7 Å². The summed E-state index contributed by atoms with van der Waals surface area (Å²) in [5.41, 5.74) is 7.07. The molecule has 1 aromatic carbocycles. The van der Waals surface area contributed by atoms with Crippen molar-refractivity contribution in [1.29, 1.82) is 0 Å². The van der Waals surface area contributed by atoms with Gasteiger partial charge >= 0.3 is 0 Å². The molecule has 4 heteroatoms. The van der Waals surface area contributed by atoms with E-state index in [1.807, 2.05) is 24.3 Å². The molecule has 0 amide bonds. The van der Waals surface area contributed by atoms with Crippen LogP contribution in [0.2, 0.25) is 0 Å². The average Bonchev–Trinajstić information content (AvgIpc) is 2.70. The van der Waals surface area contributed by atoms with Crippen LogP contribution in [-0.2, 0) is 0 Å². The summed E-state index contributed by atoms with van der Waals surface area (Å²) in [6, 6.07) is 7.61. The van der Waals surface area contributed by atoms with Gasteiger partial charge in [-0.25, -0.2) is 0 Å². The molecule has 0 aliphatic rings. The number of aliphatic hydroxyl groups excluding tert-OH is 1. The molecule has 0 bridgehead atoms. The van der Waals surface area contributed by atoms with Gasteiger partial charge in [-0.15, -0.1) is 0 Å². The minimum atomic E-state index is -0.636. The Morgan fingerprint density at radius 2 is 2.27 bits per heavy atom. The van der Waals surface area contributed by atoms with Crippen molar-refractivity contribution in [3.05, 3.63) is 30.0 Å². The number of aromatic nitrogens is 1. The molecule has 80 valence electrons. The predicted octanol–water partition coefficient (Wildman–Crippen LogP) is 1.17. The average molecular weight is 206 g/mol. The van der Waals surface area contributed by atoms with Crippen molar-refractivity contribution in [1.82, 2.24) is 4.98 Å². The van der Waals surface area contributed by atoms with Gasteiger partial charge in [0.25, 0.3) is 0 Å². The van der Waals surface area contributed by atoms with Crippen molar-refractivity contribution in [2.24, 2.45) is 5.73 Å². The summed E-state index contributed by atoms with van der Waals surface area (Å²) < 4.78 is 5.11. The Morgan fingerprint density at radius 1 is 1.47 bits per heavy atom. The van der Waals surface area contributed by atoms with Crippen LogP contribution < -0.4 is 10.5 Å². The number of H-pyrrole nitrogens is 1. The molecule has 0 saturated carbocycles. The molecule has 0 saturated heterocycles. The molecule has 0 radical (unpaired) electrons. The summed E-state index contributed by atoms with van der Waals surface area (Å²) in [7, 11) is 1.62. The fraction of sp³-hybridized carbons (Fsp3) is 0.273. The second-order valence-electron chi connectivity index (χ2n) is 3.43. The lowest BCUT2D eigenvalue weighted by molar-refractivity contribution is 0.183. The number of rotatable bonds is 3. The van der Waals surface area contributed by atoms with E-state index < -0.39 is 6.10 Å². The SMILES string of the molecule is COc1ccc2cc([C@H](O)CN)[nH]c2c1. The molecule has 0 aliphatic carbocycles. The number of hydrogen-bond acceptors (Lipinski definition) is 3. The quantitative estimate of drug-likeness (QED) is 0.706. The Balaban J connectivity index is 2.46. The van der Waals surface area contributed by atoms with Gasteiger partial charge in [0, 0.05) is 29.2 Å². The Labute approximate surface area is 87.7 Å². The molecule has 15 heavy (non-hydrogen) atoms. The highest BCUT2D eigenvalue weighted by Crippen LogP contribution is 2.23. The second-order valence-corrected chi connectivity index (χ2v) is 3.43. The number of hydrogen-bond donors (Lipinski definition) is 3. The molecule has 4 N–H and O–H groups in total. The van der Waals surface area contributed by atoms with E-state index in [1.165, 1.54) is 0 Å². The van der Waals surface area contributed by atoms with Gasteiger partial charge in [0.1, 0.15) is 11.9 Å². The topological polar surface area (TPSA) is 71.3 Å². The van der Waals surface area contributed by atoms with Crippen LogP contribution in [0.4, 0.5) is 0 Å². The highest BCUT2D eigenvalue weighted by atomic mass is 16.5. The summed E-state index contributed by atoms with van der Waals surface area (Å²) in [4.78, 5) is 3.11. The molecule has 0 spiro atoms. The number of aromatic amines is 1. The van der Waals surface area contributed by atoms with Gasteiger partial charge in [-0.1, -0.05) is 0 Å². The normalized spacial score (nSPS) is 13.0. The van der Waals surface area contributed by atoms with Crippen molar-refractivity contribution < 1.29 is 9.84 Å². The number of nitrogens with two attached hydrogens (primary N) is 1. The first-order valence-corrected chi connectivity index (χ1v) is 4.79. The molecular weight excluding hydrogens is 192 g/mol. The van der Waals surface area contributed by atoms with Crippen molar-refractivity contribution in [2.45, 2.75) is 6.10 Å². The van der Waals surface area contributed by atoms with Crippen molar-refractivity contribution in [3.63, 3.8) is 0 Å². The van der Waals surface area contributed by atoms with Gasteiger partial charge in [-0.2, -0.15) is 0 Å². The molecule has 2 rings (SSSR count). The molecule has 1 atom stereocenters. The number of benzene rings is 1. The zero-order valence-corrected chi connectivity index (χ0v) is 8.53. The smallest absolute Gasteiger partial charge is 0.120 e. The van der Waals surface area contributed by atoms with Crippen molar-refractivity contribution in [3.8, 4) is 5.75 Å². The third kappa shape index (κ3) is 1.82. The monoisotopic (exact) mass is 206 g/mol. The number of methoxy groups -OCH3 is 1. The van der Waals surface area contributed by atoms with E-state index in [9.17, 15) is 5.11 Å². The van der Waals surface area contributed by atoms with Gasteiger partial charge in [0.2, 0.25) is 0 Å². The fourth-order valence-electron chi connectivity index (χ4n) is 1.56. The summed E-state index contributed by atoms with van der Waals surface area (Å²) in [6.07, 6.45) is -0.636. The van der Waals surface area contributed by atoms with Crippen LogP contribution in [0, 0.1) is 0 Å². The zero-order chi connectivity index (χ0) is 10.8. The zero-order valence-electron chi connectivity index (χ0n) is 8.53. The first-order chi connectivity index (χ1) is 7.24. The summed E-state index contributed by atoms with van der Waals surface area (Å²) >= 11 is 0. The highest BCUT2D eigenvalue weighted by Gasteiger charge is 2.08. The van der Waals surface area contributed by atoms with Crippen LogP contribution in [0.3, 0.4) is 0 Å². The Kier molecular flexibility index (Phi) is 2.62. The third-order valence-corrected chi connectivity index (χ3v) is 2.43. The Hall–Kier alpha value is -1.52. The lowest BCUT2D eigenvalue weighted by atomic mass is 10.2. The van der Waals surface area contributed by atoms with Gasteiger partial charge < -0.3 is 20.6 Å². The van der Waals surface area contributed by atoms with Crippen LogP contribution in [0.5, 0.6) is 5.75 Å². The van der Waals surface area contributed by atoms with E-state index in [-0.39, 0.29) is 6.54 Å². The maximum absolute atomic E-state index is 9.57. The first-order valence-electron chi connectivity index (χ1n) is 4.79.